The van der Waals surface area contributed by atoms with Gasteiger partial charge < -0.3 is 9.47 Å². The van der Waals surface area contributed by atoms with E-state index in [0.29, 0.717) is 13.2 Å². The number of halogens is 1. The third-order valence-corrected chi connectivity index (χ3v) is 3.45. The average molecular weight is 313 g/mol. The van der Waals surface area contributed by atoms with Gasteiger partial charge in [0.25, 0.3) is 0 Å². The summed E-state index contributed by atoms with van der Waals surface area (Å²) in [6.45, 7) is 12.2. The van der Waals surface area contributed by atoms with Gasteiger partial charge in [0.05, 0.1) is 18.6 Å². The first-order valence-electron chi connectivity index (χ1n) is 7.91. The Hall–Kier alpha value is -0.890. The van der Waals surface area contributed by atoms with Crippen molar-refractivity contribution in [2.24, 2.45) is 5.41 Å². The van der Waals surface area contributed by atoms with Crippen LogP contribution < -0.4 is 9.47 Å². The van der Waals surface area contributed by atoms with E-state index >= 15 is 0 Å². The summed E-state index contributed by atoms with van der Waals surface area (Å²) >= 11 is 6.56. The number of hydrogen-bond acceptors (Lipinski definition) is 2. The maximum Gasteiger partial charge on any atom is 0.161 e. The summed E-state index contributed by atoms with van der Waals surface area (Å²) in [4.78, 5) is 0. The molecule has 21 heavy (non-hydrogen) atoms. The molecule has 0 aliphatic rings. The highest BCUT2D eigenvalue weighted by Crippen LogP contribution is 2.38. The Morgan fingerprint density at radius 1 is 1.00 bits per heavy atom. The molecule has 0 saturated heterocycles. The normalized spacial score (nSPS) is 13.0. The molecule has 0 spiro atoms. The quantitative estimate of drug-likeness (QED) is 0.550. The van der Waals surface area contributed by atoms with Gasteiger partial charge in [0.1, 0.15) is 0 Å². The molecule has 1 rings (SSSR count). The van der Waals surface area contributed by atoms with Crippen molar-refractivity contribution in [3.8, 4) is 11.5 Å². The summed E-state index contributed by atoms with van der Waals surface area (Å²) < 4.78 is 11.6. The Balaban J connectivity index is 2.91. The minimum absolute atomic E-state index is 0.00537. The summed E-state index contributed by atoms with van der Waals surface area (Å²) in [5, 5.41) is -0.00537. The molecule has 120 valence electrons. The molecule has 0 bridgehead atoms. The molecule has 2 nitrogen and oxygen atoms in total. The topological polar surface area (TPSA) is 18.5 Å². The lowest BCUT2D eigenvalue weighted by atomic mass is 9.88. The molecular weight excluding hydrogens is 284 g/mol. The lowest BCUT2D eigenvalue weighted by Gasteiger charge is -2.23. The van der Waals surface area contributed by atoms with Crippen molar-refractivity contribution in [1.82, 2.24) is 0 Å². The smallest absolute Gasteiger partial charge is 0.161 e. The highest BCUT2D eigenvalue weighted by Gasteiger charge is 2.19. The van der Waals surface area contributed by atoms with E-state index in [0.717, 1.165) is 36.3 Å². The van der Waals surface area contributed by atoms with Crippen LogP contribution >= 0.6 is 11.6 Å². The van der Waals surface area contributed by atoms with Crippen molar-refractivity contribution >= 4 is 11.6 Å². The number of alkyl halides is 1. The van der Waals surface area contributed by atoms with E-state index < -0.39 is 0 Å². The van der Waals surface area contributed by atoms with Crippen molar-refractivity contribution in [3.05, 3.63) is 23.8 Å². The van der Waals surface area contributed by atoms with Crippen molar-refractivity contribution in [2.75, 3.05) is 13.2 Å². The minimum Gasteiger partial charge on any atom is -0.490 e. The van der Waals surface area contributed by atoms with Crippen molar-refractivity contribution < 1.29 is 9.47 Å². The largest absolute Gasteiger partial charge is 0.490 e. The zero-order valence-electron chi connectivity index (χ0n) is 14.0. The van der Waals surface area contributed by atoms with Gasteiger partial charge in [-0.1, -0.05) is 40.7 Å². The molecule has 0 amide bonds. The Kier molecular flexibility index (Phi) is 7.37. The Morgan fingerprint density at radius 2 is 1.57 bits per heavy atom. The first-order chi connectivity index (χ1) is 9.87. The van der Waals surface area contributed by atoms with Crippen LogP contribution in [-0.2, 0) is 0 Å². The zero-order valence-corrected chi connectivity index (χ0v) is 14.8. The average Bonchev–Trinajstić information content (AvgIpc) is 2.41. The van der Waals surface area contributed by atoms with Gasteiger partial charge in [0.15, 0.2) is 11.5 Å². The van der Waals surface area contributed by atoms with Gasteiger partial charge >= 0.3 is 0 Å². The number of benzene rings is 1. The lowest BCUT2D eigenvalue weighted by molar-refractivity contribution is 0.268. The fraction of sp³-hybridized carbons (Fsp3) is 0.667. The highest BCUT2D eigenvalue weighted by molar-refractivity contribution is 6.20. The van der Waals surface area contributed by atoms with Crippen LogP contribution in [0.1, 0.15) is 64.8 Å². The second-order valence-electron chi connectivity index (χ2n) is 6.64. The number of rotatable bonds is 8. The first kappa shape index (κ1) is 18.2. The molecule has 1 atom stereocenters. The lowest BCUT2D eigenvalue weighted by Crippen LogP contribution is -2.09. The number of hydrogen-bond donors (Lipinski definition) is 0. The predicted molar refractivity (Wildman–Crippen MR) is 90.7 cm³/mol. The van der Waals surface area contributed by atoms with Gasteiger partial charge in [-0.3, -0.25) is 0 Å². The highest BCUT2D eigenvalue weighted by atomic mass is 35.5. The summed E-state index contributed by atoms with van der Waals surface area (Å²) in [6.07, 6.45) is 2.89. The van der Waals surface area contributed by atoms with Crippen LogP contribution in [0.4, 0.5) is 0 Å². The standard InChI is InChI=1S/C18H29ClO2/c1-6-10-20-16-9-8-14(12-17(16)21-11-7-2)15(19)13-18(3,4)5/h8-9,12,15H,6-7,10-11,13H2,1-5H3. The second-order valence-corrected chi connectivity index (χ2v) is 7.16. The van der Waals surface area contributed by atoms with Crippen LogP contribution in [0.5, 0.6) is 11.5 Å². The molecule has 1 aromatic rings. The number of ether oxygens (including phenoxy) is 2. The maximum atomic E-state index is 6.56. The van der Waals surface area contributed by atoms with Crippen LogP contribution in [-0.4, -0.2) is 13.2 Å². The van der Waals surface area contributed by atoms with Crippen molar-refractivity contribution in [2.45, 2.75) is 59.3 Å². The van der Waals surface area contributed by atoms with Gasteiger partial charge in [-0.05, 0) is 42.4 Å². The fourth-order valence-corrected chi connectivity index (χ4v) is 2.63. The van der Waals surface area contributed by atoms with Crippen LogP contribution in [0.3, 0.4) is 0 Å². The molecular formula is C18H29ClO2. The van der Waals surface area contributed by atoms with Gasteiger partial charge in [-0.15, -0.1) is 11.6 Å². The molecule has 0 radical (unpaired) electrons. The maximum absolute atomic E-state index is 6.56. The van der Waals surface area contributed by atoms with Crippen molar-refractivity contribution in [3.63, 3.8) is 0 Å². The van der Waals surface area contributed by atoms with Crippen molar-refractivity contribution in [1.29, 1.82) is 0 Å². The predicted octanol–water partition coefficient (Wildman–Crippen LogP) is 5.98. The molecule has 0 fully saturated rings. The van der Waals surface area contributed by atoms with E-state index in [-0.39, 0.29) is 10.8 Å². The minimum atomic E-state index is -0.00537. The van der Waals surface area contributed by atoms with E-state index in [1.165, 1.54) is 0 Å². The second kappa shape index (κ2) is 8.53. The molecule has 0 aliphatic carbocycles. The van der Waals surface area contributed by atoms with Gasteiger partial charge in [0.2, 0.25) is 0 Å². The third kappa shape index (κ3) is 6.60. The van der Waals surface area contributed by atoms with Crippen LogP contribution in [0.25, 0.3) is 0 Å². The summed E-state index contributed by atoms with van der Waals surface area (Å²) in [5.74, 6) is 1.62. The van der Waals surface area contributed by atoms with Crippen LogP contribution in [0.2, 0.25) is 0 Å². The molecule has 1 unspecified atom stereocenters. The molecule has 3 heteroatoms. The first-order valence-corrected chi connectivity index (χ1v) is 8.34. The molecule has 0 heterocycles. The van der Waals surface area contributed by atoms with E-state index in [2.05, 4.69) is 34.6 Å². The van der Waals surface area contributed by atoms with E-state index in [9.17, 15) is 0 Å². The zero-order chi connectivity index (χ0) is 15.9. The summed E-state index contributed by atoms with van der Waals surface area (Å²) in [6, 6.07) is 6.06. The van der Waals surface area contributed by atoms with Gasteiger partial charge in [-0.25, -0.2) is 0 Å². The van der Waals surface area contributed by atoms with Crippen LogP contribution in [0, 0.1) is 5.41 Å². The summed E-state index contributed by atoms with van der Waals surface area (Å²) in [5.41, 5.74) is 1.30. The third-order valence-electron chi connectivity index (χ3n) is 3.04. The molecule has 0 N–H and O–H groups in total. The molecule has 0 aromatic heterocycles. The molecule has 0 saturated carbocycles. The van der Waals surface area contributed by atoms with Crippen LogP contribution in [0.15, 0.2) is 18.2 Å². The molecule has 0 aliphatic heterocycles. The summed E-state index contributed by atoms with van der Waals surface area (Å²) in [7, 11) is 0. The van der Waals surface area contributed by atoms with Gasteiger partial charge in [0, 0.05) is 0 Å². The molecule has 1 aromatic carbocycles. The Labute approximate surface area is 134 Å². The Bertz CT molecular complexity index is 424. The van der Waals surface area contributed by atoms with E-state index in [4.69, 9.17) is 21.1 Å². The SMILES string of the molecule is CCCOc1ccc(C(Cl)CC(C)(C)C)cc1OCCC. The Morgan fingerprint density at radius 3 is 2.10 bits per heavy atom. The van der Waals surface area contributed by atoms with E-state index in [1.54, 1.807) is 0 Å². The monoisotopic (exact) mass is 312 g/mol. The van der Waals surface area contributed by atoms with E-state index in [1.807, 2.05) is 18.2 Å². The van der Waals surface area contributed by atoms with Gasteiger partial charge in [-0.2, -0.15) is 0 Å². The fourth-order valence-electron chi connectivity index (χ4n) is 2.03.